The Balaban J connectivity index is 1.95. The Bertz CT molecular complexity index is 362. The monoisotopic (exact) mass is 253 g/mol. The maximum atomic E-state index is 12.2. The Hall–Kier alpha value is -1.06. The first-order valence-corrected chi connectivity index (χ1v) is 6.92. The number of carboxylic acids is 1. The molecular formula is C14H23NO3. The third-order valence-electron chi connectivity index (χ3n) is 5.02. The maximum Gasteiger partial charge on any atom is 0.310 e. The van der Waals surface area contributed by atoms with Crippen LogP contribution in [0, 0.1) is 10.8 Å². The van der Waals surface area contributed by atoms with Crippen molar-refractivity contribution in [3.63, 3.8) is 0 Å². The van der Waals surface area contributed by atoms with E-state index in [9.17, 15) is 14.7 Å². The molecule has 4 heteroatoms. The quantitative estimate of drug-likeness (QED) is 0.836. The lowest BCUT2D eigenvalue weighted by Crippen LogP contribution is -2.43. The molecule has 18 heavy (non-hydrogen) atoms. The molecule has 1 saturated carbocycles. The van der Waals surface area contributed by atoms with Gasteiger partial charge >= 0.3 is 5.97 Å². The Labute approximate surface area is 108 Å². The summed E-state index contributed by atoms with van der Waals surface area (Å²) in [5.41, 5.74) is -0.520. The highest BCUT2D eigenvalue weighted by Crippen LogP contribution is 2.45. The largest absolute Gasteiger partial charge is 0.481 e. The van der Waals surface area contributed by atoms with Gasteiger partial charge in [0.15, 0.2) is 0 Å². The number of carbonyl (C=O) groups is 2. The van der Waals surface area contributed by atoms with Crippen LogP contribution >= 0.6 is 0 Å². The average molecular weight is 253 g/mol. The lowest BCUT2D eigenvalue weighted by Gasteiger charge is -2.38. The Morgan fingerprint density at radius 2 is 1.94 bits per heavy atom. The normalized spacial score (nSPS) is 30.0. The molecule has 0 spiro atoms. The van der Waals surface area contributed by atoms with Crippen LogP contribution in [-0.2, 0) is 9.59 Å². The molecule has 2 rings (SSSR count). The molecule has 1 saturated heterocycles. The minimum atomic E-state index is -0.792. The number of aliphatic carboxylic acids is 1. The topological polar surface area (TPSA) is 57.6 Å². The lowest BCUT2D eigenvalue weighted by atomic mass is 9.66. The molecule has 1 N–H and O–H groups in total. The third kappa shape index (κ3) is 2.25. The zero-order valence-electron chi connectivity index (χ0n) is 11.4. The highest BCUT2D eigenvalue weighted by molar-refractivity contribution is 5.85. The predicted octanol–water partition coefficient (Wildman–Crippen LogP) is 2.28. The first kappa shape index (κ1) is 13.4. The number of hydrogen-bond acceptors (Lipinski definition) is 2. The fourth-order valence-electron chi connectivity index (χ4n) is 3.00. The molecule has 2 aliphatic rings. The Morgan fingerprint density at radius 3 is 2.33 bits per heavy atom. The van der Waals surface area contributed by atoms with Gasteiger partial charge in [-0.25, -0.2) is 0 Å². The summed E-state index contributed by atoms with van der Waals surface area (Å²) in [6, 6.07) is 0. The van der Waals surface area contributed by atoms with Crippen molar-refractivity contribution in [2.45, 2.75) is 52.4 Å². The van der Waals surface area contributed by atoms with Gasteiger partial charge in [-0.1, -0.05) is 20.3 Å². The van der Waals surface area contributed by atoms with Crippen molar-refractivity contribution in [3.05, 3.63) is 0 Å². The van der Waals surface area contributed by atoms with E-state index >= 15 is 0 Å². The van der Waals surface area contributed by atoms with Gasteiger partial charge in [-0.3, -0.25) is 9.59 Å². The van der Waals surface area contributed by atoms with Crippen molar-refractivity contribution in [3.8, 4) is 0 Å². The number of nitrogens with zero attached hydrogens (tertiary/aromatic N) is 1. The van der Waals surface area contributed by atoms with Crippen molar-refractivity contribution in [1.29, 1.82) is 0 Å². The molecule has 102 valence electrons. The zero-order chi connectivity index (χ0) is 13.4. The van der Waals surface area contributed by atoms with E-state index in [4.69, 9.17) is 0 Å². The number of likely N-dealkylation sites (tertiary alicyclic amines) is 1. The molecule has 1 amide bonds. The summed E-state index contributed by atoms with van der Waals surface area (Å²) in [4.78, 5) is 25.4. The standard InChI is InChI=1S/C14H23NO3/c1-3-13(2)7-8-15(10-13)11(16)9-14(12(17)18)5-4-6-14/h3-10H2,1-2H3,(H,17,18). The van der Waals surface area contributed by atoms with Gasteiger partial charge in [-0.2, -0.15) is 0 Å². The molecule has 0 aromatic rings. The molecule has 0 aromatic heterocycles. The van der Waals surface area contributed by atoms with Crippen molar-refractivity contribution in [1.82, 2.24) is 4.90 Å². The predicted molar refractivity (Wildman–Crippen MR) is 68.1 cm³/mol. The minimum absolute atomic E-state index is 0.0364. The molecule has 1 unspecified atom stereocenters. The van der Waals surface area contributed by atoms with Crippen molar-refractivity contribution >= 4 is 11.9 Å². The summed E-state index contributed by atoms with van der Waals surface area (Å²) in [5, 5.41) is 9.25. The number of carbonyl (C=O) groups excluding carboxylic acids is 1. The van der Waals surface area contributed by atoms with E-state index < -0.39 is 11.4 Å². The molecule has 2 fully saturated rings. The summed E-state index contributed by atoms with van der Waals surface area (Å²) >= 11 is 0. The van der Waals surface area contributed by atoms with E-state index in [1.165, 1.54) is 0 Å². The minimum Gasteiger partial charge on any atom is -0.481 e. The van der Waals surface area contributed by atoms with E-state index in [0.717, 1.165) is 32.4 Å². The third-order valence-corrected chi connectivity index (χ3v) is 5.02. The molecule has 0 bridgehead atoms. The second-order valence-electron chi connectivity index (χ2n) is 6.35. The molecule has 1 aliphatic carbocycles. The van der Waals surface area contributed by atoms with E-state index in [0.29, 0.717) is 12.8 Å². The number of carboxylic acid groups (broad SMARTS) is 1. The fraction of sp³-hybridized carbons (Fsp3) is 0.857. The number of hydrogen-bond donors (Lipinski definition) is 1. The first-order valence-electron chi connectivity index (χ1n) is 6.92. The molecule has 1 atom stereocenters. The van der Waals surface area contributed by atoms with Gasteiger partial charge in [0.2, 0.25) is 5.91 Å². The molecule has 0 aromatic carbocycles. The van der Waals surface area contributed by atoms with E-state index in [1.54, 1.807) is 0 Å². The van der Waals surface area contributed by atoms with Gasteiger partial charge in [-0.05, 0) is 31.1 Å². The molecule has 1 aliphatic heterocycles. The second kappa shape index (κ2) is 4.56. The van der Waals surface area contributed by atoms with Crippen LogP contribution in [0.15, 0.2) is 0 Å². The van der Waals surface area contributed by atoms with E-state index in [1.807, 2.05) is 4.90 Å². The van der Waals surface area contributed by atoms with Crippen LogP contribution in [0.5, 0.6) is 0 Å². The summed E-state index contributed by atoms with van der Waals surface area (Å²) in [7, 11) is 0. The highest BCUT2D eigenvalue weighted by atomic mass is 16.4. The van der Waals surface area contributed by atoms with Crippen LogP contribution in [0.2, 0.25) is 0 Å². The lowest BCUT2D eigenvalue weighted by molar-refractivity contribution is -0.159. The second-order valence-corrected chi connectivity index (χ2v) is 6.35. The van der Waals surface area contributed by atoms with Gasteiger partial charge in [-0.15, -0.1) is 0 Å². The van der Waals surface area contributed by atoms with Crippen LogP contribution in [-0.4, -0.2) is 35.0 Å². The Morgan fingerprint density at radius 1 is 1.28 bits per heavy atom. The molecule has 0 radical (unpaired) electrons. The van der Waals surface area contributed by atoms with Gasteiger partial charge in [0.25, 0.3) is 0 Å². The van der Waals surface area contributed by atoms with Gasteiger partial charge in [0.1, 0.15) is 0 Å². The summed E-state index contributed by atoms with van der Waals surface area (Å²) in [6.07, 6.45) is 4.56. The van der Waals surface area contributed by atoms with E-state index in [-0.39, 0.29) is 17.7 Å². The Kier molecular flexibility index (Phi) is 3.39. The van der Waals surface area contributed by atoms with E-state index in [2.05, 4.69) is 13.8 Å². The fourth-order valence-corrected chi connectivity index (χ4v) is 3.00. The highest BCUT2D eigenvalue weighted by Gasteiger charge is 2.47. The molecular weight excluding hydrogens is 230 g/mol. The smallest absolute Gasteiger partial charge is 0.310 e. The molecule has 1 heterocycles. The summed E-state index contributed by atoms with van der Waals surface area (Å²) in [6.45, 7) is 5.94. The van der Waals surface area contributed by atoms with Gasteiger partial charge in [0, 0.05) is 19.5 Å². The number of amides is 1. The summed E-state index contributed by atoms with van der Waals surface area (Å²) in [5.74, 6) is -0.756. The number of rotatable bonds is 4. The average Bonchev–Trinajstić information content (AvgIpc) is 2.66. The zero-order valence-corrected chi connectivity index (χ0v) is 11.4. The van der Waals surface area contributed by atoms with Crippen LogP contribution in [0.25, 0.3) is 0 Å². The SMILES string of the molecule is CCC1(C)CCN(C(=O)CC2(C(=O)O)CCC2)C1. The van der Waals surface area contributed by atoms with Crippen molar-refractivity contribution in [2.24, 2.45) is 10.8 Å². The van der Waals surface area contributed by atoms with Gasteiger partial charge < -0.3 is 10.0 Å². The molecule has 4 nitrogen and oxygen atoms in total. The van der Waals surface area contributed by atoms with Crippen LogP contribution < -0.4 is 0 Å². The van der Waals surface area contributed by atoms with Crippen LogP contribution in [0.4, 0.5) is 0 Å². The van der Waals surface area contributed by atoms with Crippen molar-refractivity contribution < 1.29 is 14.7 Å². The van der Waals surface area contributed by atoms with Crippen LogP contribution in [0.1, 0.15) is 52.4 Å². The van der Waals surface area contributed by atoms with Crippen LogP contribution in [0.3, 0.4) is 0 Å². The first-order chi connectivity index (χ1) is 8.41. The summed E-state index contributed by atoms with van der Waals surface area (Å²) < 4.78 is 0. The van der Waals surface area contributed by atoms with Crippen molar-refractivity contribution in [2.75, 3.05) is 13.1 Å². The maximum absolute atomic E-state index is 12.2. The van der Waals surface area contributed by atoms with Gasteiger partial charge in [0.05, 0.1) is 5.41 Å².